The monoisotopic (exact) mass is 753 g/mol. The second-order valence-corrected chi connectivity index (χ2v) is 15.5. The van der Waals surface area contributed by atoms with E-state index in [4.69, 9.17) is 0 Å². The fourth-order valence-electron chi connectivity index (χ4n) is 5.71. The van der Waals surface area contributed by atoms with E-state index in [0.717, 1.165) is 10.4 Å². The van der Waals surface area contributed by atoms with Crippen molar-refractivity contribution in [3.8, 4) is 17.1 Å². The fourth-order valence-corrected chi connectivity index (χ4v) is 6.67. The standard InChI is InChI=1S/C38H42F3N5O6S/c1-36(2,3)31-14-13-30(53-31)33(47)44-29(34(48)46-21-25(22-46)35(49)50)17-23-9-11-24(12-10-23)32-42-19-27(20-43-32)45(5)16-15-37(4,51)26-7-6-8-28(18-26)52-38(39,40)41/h6-14,18-20,25,29,51H,15-17,21-22H2,1-5H3,(H,44,47)(H,49,50). The number of nitrogens with one attached hydrogen (secondary N) is 1. The minimum atomic E-state index is -4.84. The molecule has 282 valence electrons. The van der Waals surface area contributed by atoms with Crippen LogP contribution in [0, 0.1) is 5.92 Å². The second kappa shape index (κ2) is 15.5. The molecule has 3 N–H and O–H groups in total. The number of aromatic nitrogens is 2. The molecule has 1 fully saturated rings. The maximum atomic E-state index is 13.5. The number of amides is 2. The summed E-state index contributed by atoms with van der Waals surface area (Å²) in [5, 5.41) is 23.2. The van der Waals surface area contributed by atoms with E-state index in [-0.39, 0.29) is 48.7 Å². The first-order chi connectivity index (χ1) is 24.8. The predicted molar refractivity (Wildman–Crippen MR) is 194 cm³/mol. The van der Waals surface area contributed by atoms with Crippen LogP contribution in [-0.4, -0.2) is 82.0 Å². The Morgan fingerprint density at radius 2 is 1.68 bits per heavy atom. The number of thiophene rings is 1. The Bertz CT molecular complexity index is 1920. The van der Waals surface area contributed by atoms with Gasteiger partial charge in [-0.1, -0.05) is 57.2 Å². The first-order valence-corrected chi connectivity index (χ1v) is 17.7. The zero-order valence-electron chi connectivity index (χ0n) is 30.0. The molecular formula is C38H42F3N5O6S. The third kappa shape index (κ3) is 10.1. The Hall–Kier alpha value is -5.02. The number of carboxylic acids is 1. The number of carbonyl (C=O) groups excluding carboxylic acids is 2. The lowest BCUT2D eigenvalue weighted by Gasteiger charge is -2.38. The number of halogens is 3. The molecule has 0 spiro atoms. The molecular weight excluding hydrogens is 712 g/mol. The molecule has 2 aromatic carbocycles. The van der Waals surface area contributed by atoms with Crippen LogP contribution in [0.4, 0.5) is 18.9 Å². The lowest BCUT2D eigenvalue weighted by molar-refractivity contribution is -0.274. The topological polar surface area (TPSA) is 145 Å². The van der Waals surface area contributed by atoms with Gasteiger partial charge in [0.2, 0.25) is 5.91 Å². The number of carboxylic acid groups (broad SMARTS) is 1. The van der Waals surface area contributed by atoms with Gasteiger partial charge in [0.15, 0.2) is 5.82 Å². The Morgan fingerprint density at radius 1 is 1.02 bits per heavy atom. The van der Waals surface area contributed by atoms with Crippen molar-refractivity contribution in [2.45, 2.75) is 64.0 Å². The average molecular weight is 754 g/mol. The summed E-state index contributed by atoms with van der Waals surface area (Å²) < 4.78 is 42.0. The summed E-state index contributed by atoms with van der Waals surface area (Å²) in [6, 6.07) is 15.3. The van der Waals surface area contributed by atoms with Crippen molar-refractivity contribution >= 4 is 34.8 Å². The average Bonchev–Trinajstić information content (AvgIpc) is 3.58. The molecule has 1 aliphatic heterocycles. The smallest absolute Gasteiger partial charge is 0.481 e. The van der Waals surface area contributed by atoms with Crippen LogP contribution in [0.1, 0.15) is 59.8 Å². The number of anilines is 1. The zero-order valence-corrected chi connectivity index (χ0v) is 30.8. The number of rotatable bonds is 13. The Morgan fingerprint density at radius 3 is 2.26 bits per heavy atom. The minimum absolute atomic E-state index is 0.0865. The Labute approximate surface area is 309 Å². The first-order valence-electron chi connectivity index (χ1n) is 16.9. The lowest BCUT2D eigenvalue weighted by atomic mass is 9.92. The number of benzene rings is 2. The van der Waals surface area contributed by atoms with Crippen LogP contribution in [0.3, 0.4) is 0 Å². The van der Waals surface area contributed by atoms with Crippen LogP contribution in [0.25, 0.3) is 11.4 Å². The third-order valence-corrected chi connectivity index (χ3v) is 10.6. The molecule has 2 amide bonds. The van der Waals surface area contributed by atoms with Crippen LogP contribution in [0.5, 0.6) is 5.75 Å². The van der Waals surface area contributed by atoms with Crippen LogP contribution in [0.2, 0.25) is 0 Å². The van der Waals surface area contributed by atoms with Crippen molar-refractivity contribution in [1.29, 1.82) is 0 Å². The van der Waals surface area contributed by atoms with E-state index in [1.165, 1.54) is 47.4 Å². The maximum absolute atomic E-state index is 13.5. The summed E-state index contributed by atoms with van der Waals surface area (Å²) in [5.41, 5.74) is 0.837. The molecule has 1 aliphatic rings. The van der Waals surface area contributed by atoms with E-state index in [1.807, 2.05) is 35.2 Å². The second-order valence-electron chi connectivity index (χ2n) is 14.4. The SMILES string of the molecule is CN(CCC(C)(O)c1cccc(OC(F)(F)F)c1)c1cnc(-c2ccc(CC(NC(=O)c3ccc(C(C)(C)C)s3)C(=O)N3CC(C(=O)O)C3)cc2)nc1. The van der Waals surface area contributed by atoms with E-state index in [2.05, 4.69) is 40.8 Å². The molecule has 4 aromatic rings. The van der Waals surface area contributed by atoms with Crippen molar-refractivity contribution in [1.82, 2.24) is 20.2 Å². The molecule has 2 aromatic heterocycles. The highest BCUT2D eigenvalue weighted by atomic mass is 32.1. The van der Waals surface area contributed by atoms with Gasteiger partial charge >= 0.3 is 12.3 Å². The van der Waals surface area contributed by atoms with Gasteiger partial charge in [-0.2, -0.15) is 0 Å². The van der Waals surface area contributed by atoms with Crippen molar-refractivity contribution in [2.75, 3.05) is 31.6 Å². The quantitative estimate of drug-likeness (QED) is 0.149. The molecule has 0 saturated carbocycles. The molecule has 53 heavy (non-hydrogen) atoms. The number of alkyl halides is 3. The van der Waals surface area contributed by atoms with Gasteiger partial charge in [-0.05, 0) is 54.2 Å². The zero-order chi connectivity index (χ0) is 38.7. The molecule has 1 saturated heterocycles. The summed E-state index contributed by atoms with van der Waals surface area (Å²) in [6.45, 7) is 8.20. The summed E-state index contributed by atoms with van der Waals surface area (Å²) in [6.07, 6.45) is -1.22. The molecule has 0 bridgehead atoms. The molecule has 11 nitrogen and oxygen atoms in total. The van der Waals surface area contributed by atoms with Crippen LogP contribution < -0.4 is 15.0 Å². The van der Waals surface area contributed by atoms with E-state index < -0.39 is 35.6 Å². The van der Waals surface area contributed by atoms with Gasteiger partial charge in [-0.25, -0.2) is 9.97 Å². The summed E-state index contributed by atoms with van der Waals surface area (Å²) >= 11 is 1.37. The third-order valence-electron chi connectivity index (χ3n) is 9.07. The molecule has 3 heterocycles. The summed E-state index contributed by atoms with van der Waals surface area (Å²) in [4.78, 5) is 51.9. The van der Waals surface area contributed by atoms with Crippen molar-refractivity contribution in [3.63, 3.8) is 0 Å². The van der Waals surface area contributed by atoms with Gasteiger partial charge in [-0.15, -0.1) is 24.5 Å². The van der Waals surface area contributed by atoms with Crippen LogP contribution >= 0.6 is 11.3 Å². The first kappa shape index (κ1) is 39.2. The predicted octanol–water partition coefficient (Wildman–Crippen LogP) is 6.02. The molecule has 0 radical (unpaired) electrons. The number of ether oxygens (including phenoxy) is 1. The van der Waals surface area contributed by atoms with Crippen LogP contribution in [0.15, 0.2) is 73.1 Å². The summed E-state index contributed by atoms with van der Waals surface area (Å²) in [7, 11) is 1.78. The highest BCUT2D eigenvalue weighted by Crippen LogP contribution is 2.32. The van der Waals surface area contributed by atoms with E-state index in [1.54, 1.807) is 25.5 Å². The number of aliphatic hydroxyl groups is 1. The van der Waals surface area contributed by atoms with Crippen molar-refractivity contribution in [2.24, 2.45) is 5.92 Å². The normalized spacial score (nSPS) is 15.2. The van der Waals surface area contributed by atoms with E-state index in [0.29, 0.717) is 28.5 Å². The highest BCUT2D eigenvalue weighted by molar-refractivity contribution is 7.14. The van der Waals surface area contributed by atoms with E-state index in [9.17, 15) is 37.8 Å². The Balaban J connectivity index is 1.22. The number of hydrogen-bond donors (Lipinski definition) is 3. The highest BCUT2D eigenvalue weighted by Gasteiger charge is 2.39. The van der Waals surface area contributed by atoms with Crippen molar-refractivity contribution < 1.29 is 42.5 Å². The largest absolute Gasteiger partial charge is 0.573 e. The van der Waals surface area contributed by atoms with E-state index >= 15 is 0 Å². The number of likely N-dealkylation sites (tertiary alicyclic amines) is 1. The minimum Gasteiger partial charge on any atom is -0.481 e. The summed E-state index contributed by atoms with van der Waals surface area (Å²) in [5.74, 6) is -2.28. The molecule has 2 unspecified atom stereocenters. The number of aliphatic carboxylic acids is 1. The molecule has 0 aliphatic carbocycles. The number of nitrogens with zero attached hydrogens (tertiary/aromatic N) is 4. The molecule has 2 atom stereocenters. The van der Waals surface area contributed by atoms with Gasteiger partial charge < -0.3 is 30.1 Å². The van der Waals surface area contributed by atoms with Crippen molar-refractivity contribution in [3.05, 3.63) is 93.9 Å². The number of hydrogen-bond acceptors (Lipinski definition) is 9. The van der Waals surface area contributed by atoms with Gasteiger partial charge in [0.05, 0.1) is 34.5 Å². The number of carbonyl (C=O) groups is 3. The van der Waals surface area contributed by atoms with Gasteiger partial charge in [0, 0.05) is 43.5 Å². The molecule has 5 rings (SSSR count). The van der Waals surface area contributed by atoms with Gasteiger partial charge in [-0.3, -0.25) is 14.4 Å². The lowest BCUT2D eigenvalue weighted by Crippen LogP contribution is -2.59. The van der Waals surface area contributed by atoms with Gasteiger partial charge in [0.25, 0.3) is 5.91 Å². The fraction of sp³-hybridized carbons (Fsp3) is 0.395. The van der Waals surface area contributed by atoms with Crippen LogP contribution in [-0.2, 0) is 27.0 Å². The van der Waals surface area contributed by atoms with Gasteiger partial charge in [0.1, 0.15) is 11.8 Å². The maximum Gasteiger partial charge on any atom is 0.573 e. The Kier molecular flexibility index (Phi) is 11.5. The molecule has 15 heteroatoms.